The van der Waals surface area contributed by atoms with Crippen LogP contribution in [-0.4, -0.2) is 36.4 Å². The van der Waals surface area contributed by atoms with E-state index >= 15 is 0 Å². The number of nitrogens with zero attached hydrogens (tertiary/aromatic N) is 2. The van der Waals surface area contributed by atoms with E-state index in [4.69, 9.17) is 13.9 Å². The summed E-state index contributed by atoms with van der Waals surface area (Å²) in [5.74, 6) is 2.43. The van der Waals surface area contributed by atoms with Crippen molar-refractivity contribution in [3.63, 3.8) is 0 Å². The standard InChI is InChI=1S/C21H23N3O4/c1-3-27-18-8-4-15(5-9-18)14-19(25)22-13-12-20-23-24-21(28-20)16-6-10-17(26-2)11-7-16/h4-11H,3,12-14H2,1-2H3,(H,22,25). The van der Waals surface area contributed by atoms with Crippen LogP contribution in [0.15, 0.2) is 52.9 Å². The predicted molar refractivity (Wildman–Crippen MR) is 104 cm³/mol. The lowest BCUT2D eigenvalue weighted by atomic mass is 10.1. The lowest BCUT2D eigenvalue weighted by Gasteiger charge is -2.06. The molecule has 0 aliphatic carbocycles. The number of methoxy groups -OCH3 is 1. The Morgan fingerprint density at radius 3 is 2.43 bits per heavy atom. The summed E-state index contributed by atoms with van der Waals surface area (Å²) < 4.78 is 16.2. The van der Waals surface area contributed by atoms with Gasteiger partial charge < -0.3 is 19.2 Å². The Morgan fingerprint density at radius 2 is 1.75 bits per heavy atom. The van der Waals surface area contributed by atoms with E-state index in [1.807, 2.05) is 55.5 Å². The van der Waals surface area contributed by atoms with Crippen molar-refractivity contribution in [2.75, 3.05) is 20.3 Å². The van der Waals surface area contributed by atoms with Crippen LogP contribution in [0.1, 0.15) is 18.4 Å². The molecular weight excluding hydrogens is 358 g/mol. The van der Waals surface area contributed by atoms with Gasteiger partial charge >= 0.3 is 0 Å². The number of carbonyl (C=O) groups excluding carboxylic acids is 1. The van der Waals surface area contributed by atoms with E-state index in [1.54, 1.807) is 7.11 Å². The summed E-state index contributed by atoms with van der Waals surface area (Å²) in [6.07, 6.45) is 0.783. The van der Waals surface area contributed by atoms with Crippen LogP contribution in [0.3, 0.4) is 0 Å². The molecule has 0 aliphatic heterocycles. The largest absolute Gasteiger partial charge is 0.497 e. The van der Waals surface area contributed by atoms with Crippen molar-refractivity contribution in [2.45, 2.75) is 19.8 Å². The van der Waals surface area contributed by atoms with E-state index in [0.29, 0.717) is 37.8 Å². The first-order valence-corrected chi connectivity index (χ1v) is 9.13. The van der Waals surface area contributed by atoms with Crippen molar-refractivity contribution >= 4 is 5.91 Å². The molecule has 1 aromatic heterocycles. The highest BCUT2D eigenvalue weighted by atomic mass is 16.5. The molecule has 7 nitrogen and oxygen atoms in total. The molecule has 1 heterocycles. The normalized spacial score (nSPS) is 10.5. The molecule has 0 radical (unpaired) electrons. The fraction of sp³-hybridized carbons (Fsp3) is 0.286. The Labute approximate surface area is 163 Å². The third kappa shape index (κ3) is 5.33. The smallest absolute Gasteiger partial charge is 0.247 e. The Bertz CT molecular complexity index is 889. The lowest BCUT2D eigenvalue weighted by Crippen LogP contribution is -2.27. The van der Waals surface area contributed by atoms with Crippen LogP contribution in [0.25, 0.3) is 11.5 Å². The number of hydrogen-bond acceptors (Lipinski definition) is 6. The fourth-order valence-electron chi connectivity index (χ4n) is 2.63. The molecule has 0 bridgehead atoms. The molecule has 3 aromatic rings. The first-order chi connectivity index (χ1) is 13.7. The summed E-state index contributed by atoms with van der Waals surface area (Å²) in [6, 6.07) is 14.9. The maximum atomic E-state index is 12.1. The van der Waals surface area contributed by atoms with Crippen molar-refractivity contribution in [1.29, 1.82) is 0 Å². The number of rotatable bonds is 9. The number of aromatic nitrogens is 2. The second kappa shape index (κ2) is 9.55. The SMILES string of the molecule is CCOc1ccc(CC(=O)NCCc2nnc(-c3ccc(OC)cc3)o2)cc1. The molecule has 0 fully saturated rings. The first kappa shape index (κ1) is 19.4. The molecule has 146 valence electrons. The van der Waals surface area contributed by atoms with Gasteiger partial charge in [-0.05, 0) is 48.9 Å². The number of hydrogen-bond donors (Lipinski definition) is 1. The predicted octanol–water partition coefficient (Wildman–Crippen LogP) is 3.05. The van der Waals surface area contributed by atoms with Crippen molar-refractivity contribution in [3.8, 4) is 23.0 Å². The summed E-state index contributed by atoms with van der Waals surface area (Å²) in [6.45, 7) is 2.99. The van der Waals surface area contributed by atoms with Crippen LogP contribution in [0.2, 0.25) is 0 Å². The number of nitrogens with one attached hydrogen (secondary N) is 1. The van der Waals surface area contributed by atoms with E-state index in [1.165, 1.54) is 0 Å². The zero-order chi connectivity index (χ0) is 19.8. The molecule has 0 atom stereocenters. The van der Waals surface area contributed by atoms with Crippen LogP contribution < -0.4 is 14.8 Å². The summed E-state index contributed by atoms with van der Waals surface area (Å²) >= 11 is 0. The molecule has 7 heteroatoms. The van der Waals surface area contributed by atoms with Gasteiger partial charge in [0.1, 0.15) is 11.5 Å². The van der Waals surface area contributed by atoms with Gasteiger partial charge in [0.15, 0.2) is 0 Å². The third-order valence-corrected chi connectivity index (χ3v) is 4.06. The van der Waals surface area contributed by atoms with Crippen molar-refractivity contribution in [1.82, 2.24) is 15.5 Å². The minimum absolute atomic E-state index is 0.0564. The van der Waals surface area contributed by atoms with Gasteiger partial charge in [0.25, 0.3) is 0 Å². The van der Waals surface area contributed by atoms with Crippen LogP contribution in [0.5, 0.6) is 11.5 Å². The topological polar surface area (TPSA) is 86.5 Å². The van der Waals surface area contributed by atoms with Crippen molar-refractivity contribution in [3.05, 3.63) is 60.0 Å². The van der Waals surface area contributed by atoms with Crippen LogP contribution in [0, 0.1) is 0 Å². The Morgan fingerprint density at radius 1 is 1.04 bits per heavy atom. The second-order valence-corrected chi connectivity index (χ2v) is 6.08. The number of benzene rings is 2. The minimum atomic E-state index is -0.0564. The Hall–Kier alpha value is -3.35. The molecule has 3 rings (SSSR count). The summed E-state index contributed by atoms with van der Waals surface area (Å²) in [7, 11) is 1.62. The summed E-state index contributed by atoms with van der Waals surface area (Å²) in [5, 5.41) is 10.9. The number of amides is 1. The first-order valence-electron chi connectivity index (χ1n) is 9.13. The van der Waals surface area contributed by atoms with Crippen LogP contribution >= 0.6 is 0 Å². The fourth-order valence-corrected chi connectivity index (χ4v) is 2.63. The van der Waals surface area contributed by atoms with E-state index in [-0.39, 0.29) is 5.91 Å². The monoisotopic (exact) mass is 381 g/mol. The zero-order valence-electron chi connectivity index (χ0n) is 16.0. The van der Waals surface area contributed by atoms with Gasteiger partial charge in [0.05, 0.1) is 20.1 Å². The second-order valence-electron chi connectivity index (χ2n) is 6.08. The summed E-state index contributed by atoms with van der Waals surface area (Å²) in [5.41, 5.74) is 1.75. The van der Waals surface area contributed by atoms with E-state index < -0.39 is 0 Å². The molecule has 1 N–H and O–H groups in total. The average molecular weight is 381 g/mol. The maximum absolute atomic E-state index is 12.1. The van der Waals surface area contributed by atoms with Gasteiger partial charge in [-0.2, -0.15) is 0 Å². The van der Waals surface area contributed by atoms with Gasteiger partial charge in [0, 0.05) is 18.5 Å². The Balaban J connectivity index is 1.45. The van der Waals surface area contributed by atoms with Crippen LogP contribution in [0.4, 0.5) is 0 Å². The van der Waals surface area contributed by atoms with E-state index in [0.717, 1.165) is 22.6 Å². The molecule has 0 saturated carbocycles. The maximum Gasteiger partial charge on any atom is 0.247 e. The van der Waals surface area contributed by atoms with Gasteiger partial charge in [0.2, 0.25) is 17.7 Å². The highest BCUT2D eigenvalue weighted by Crippen LogP contribution is 2.21. The van der Waals surface area contributed by atoms with Crippen molar-refractivity contribution in [2.24, 2.45) is 0 Å². The number of carbonyl (C=O) groups is 1. The minimum Gasteiger partial charge on any atom is -0.497 e. The van der Waals surface area contributed by atoms with Gasteiger partial charge in [-0.1, -0.05) is 12.1 Å². The highest BCUT2D eigenvalue weighted by molar-refractivity contribution is 5.78. The highest BCUT2D eigenvalue weighted by Gasteiger charge is 2.10. The molecule has 0 saturated heterocycles. The van der Waals surface area contributed by atoms with Gasteiger partial charge in [-0.25, -0.2) is 0 Å². The Kier molecular flexibility index (Phi) is 6.62. The lowest BCUT2D eigenvalue weighted by molar-refractivity contribution is -0.120. The molecule has 0 spiro atoms. The zero-order valence-corrected chi connectivity index (χ0v) is 16.0. The average Bonchev–Trinajstić information content (AvgIpc) is 3.19. The molecule has 2 aromatic carbocycles. The molecular formula is C21H23N3O4. The molecule has 1 amide bonds. The van der Waals surface area contributed by atoms with E-state index in [9.17, 15) is 4.79 Å². The van der Waals surface area contributed by atoms with E-state index in [2.05, 4.69) is 15.5 Å². The van der Waals surface area contributed by atoms with Crippen LogP contribution in [-0.2, 0) is 17.6 Å². The number of ether oxygens (including phenoxy) is 2. The summed E-state index contributed by atoms with van der Waals surface area (Å²) in [4.78, 5) is 12.1. The molecule has 0 unspecified atom stereocenters. The van der Waals surface area contributed by atoms with Crippen molar-refractivity contribution < 1.29 is 18.7 Å². The van der Waals surface area contributed by atoms with Gasteiger partial charge in [-0.3, -0.25) is 4.79 Å². The molecule has 28 heavy (non-hydrogen) atoms. The van der Waals surface area contributed by atoms with Gasteiger partial charge in [-0.15, -0.1) is 10.2 Å². The quantitative estimate of drug-likeness (QED) is 0.613. The molecule has 0 aliphatic rings. The third-order valence-electron chi connectivity index (χ3n) is 4.06.